The number of nitrogens with one attached hydrogen (secondary N) is 2. The van der Waals surface area contributed by atoms with Crippen molar-refractivity contribution >= 4 is 40.8 Å². The van der Waals surface area contributed by atoms with Crippen LogP contribution in [0.5, 0.6) is 0 Å². The first kappa shape index (κ1) is 22.9. The summed E-state index contributed by atoms with van der Waals surface area (Å²) in [6.07, 6.45) is 5.86. The molecule has 1 aliphatic heterocycles. The third-order valence-corrected chi connectivity index (χ3v) is 5.39. The molecule has 2 N–H and O–H groups in total. The average molecular weight is 495 g/mol. The molecule has 0 radical (unpaired) electrons. The second-order valence-electron chi connectivity index (χ2n) is 7.90. The van der Waals surface area contributed by atoms with Gasteiger partial charge >= 0.3 is 0 Å². The second kappa shape index (κ2) is 11.0. The number of likely N-dealkylation sites (tertiary alicyclic amines) is 1. The molecule has 1 saturated heterocycles. The molecule has 1 aliphatic rings. The second-order valence-corrected chi connectivity index (χ2v) is 7.90. The highest BCUT2D eigenvalue weighted by molar-refractivity contribution is 14.0. The number of aromatic nitrogens is 1. The Balaban J connectivity index is 0.00000280. The van der Waals surface area contributed by atoms with E-state index in [4.69, 9.17) is 4.99 Å². The maximum Gasteiger partial charge on any atom is 0.191 e. The summed E-state index contributed by atoms with van der Waals surface area (Å²) in [5.41, 5.74) is 2.35. The van der Waals surface area contributed by atoms with Gasteiger partial charge < -0.3 is 10.6 Å². The fraction of sp³-hybridized carbons (Fsp3) is 0.545. The number of hydrogen-bond acceptors (Lipinski definition) is 3. The fourth-order valence-corrected chi connectivity index (χ4v) is 3.71. The summed E-state index contributed by atoms with van der Waals surface area (Å²) in [5.74, 6) is 0.878. The summed E-state index contributed by atoms with van der Waals surface area (Å²) in [6, 6.07) is 10.3. The summed E-state index contributed by atoms with van der Waals surface area (Å²) in [7, 11) is 0. The van der Waals surface area contributed by atoms with E-state index in [2.05, 4.69) is 59.5 Å². The maximum atomic E-state index is 4.83. The third kappa shape index (κ3) is 6.04. The number of benzene rings is 1. The Morgan fingerprint density at radius 2 is 1.86 bits per heavy atom. The van der Waals surface area contributed by atoms with Crippen LogP contribution in [-0.4, -0.2) is 47.6 Å². The van der Waals surface area contributed by atoms with Crippen LogP contribution in [-0.2, 0) is 6.54 Å². The Hall–Kier alpha value is -1.41. The Morgan fingerprint density at radius 3 is 2.61 bits per heavy atom. The zero-order valence-corrected chi connectivity index (χ0v) is 19.7. The van der Waals surface area contributed by atoms with Crippen LogP contribution >= 0.6 is 24.0 Å². The number of fused-ring (bicyclic) bond motifs is 1. The Morgan fingerprint density at radius 1 is 1.11 bits per heavy atom. The van der Waals surface area contributed by atoms with Gasteiger partial charge in [0.1, 0.15) is 0 Å². The minimum absolute atomic E-state index is 0. The van der Waals surface area contributed by atoms with Gasteiger partial charge in [-0.15, -0.1) is 24.0 Å². The predicted octanol–water partition coefficient (Wildman–Crippen LogP) is 4.17. The number of guanidine groups is 1. The van der Waals surface area contributed by atoms with Crippen LogP contribution in [0, 0.1) is 0 Å². The van der Waals surface area contributed by atoms with Crippen molar-refractivity contribution in [3.63, 3.8) is 0 Å². The summed E-state index contributed by atoms with van der Waals surface area (Å²) in [5, 5.41) is 8.11. The SMILES string of the molecule is CCNC(=NCc1ccnc2ccccc12)NCC(C)(C)N1CCCCC1.I. The number of halogens is 1. The topological polar surface area (TPSA) is 52.6 Å². The molecule has 2 heterocycles. The van der Waals surface area contributed by atoms with Crippen molar-refractivity contribution in [1.82, 2.24) is 20.5 Å². The first-order chi connectivity index (χ1) is 13.1. The number of nitrogens with zero attached hydrogens (tertiary/aromatic N) is 3. The van der Waals surface area contributed by atoms with E-state index in [-0.39, 0.29) is 29.5 Å². The van der Waals surface area contributed by atoms with Crippen LogP contribution in [0.3, 0.4) is 0 Å². The lowest BCUT2D eigenvalue weighted by atomic mass is 9.98. The maximum absolute atomic E-state index is 4.83. The van der Waals surface area contributed by atoms with Gasteiger partial charge in [-0.3, -0.25) is 9.88 Å². The highest BCUT2D eigenvalue weighted by Crippen LogP contribution is 2.20. The molecule has 0 unspecified atom stereocenters. The third-order valence-electron chi connectivity index (χ3n) is 5.39. The molecule has 0 aliphatic carbocycles. The summed E-state index contributed by atoms with van der Waals surface area (Å²) < 4.78 is 0. The van der Waals surface area contributed by atoms with Gasteiger partial charge in [0.05, 0.1) is 12.1 Å². The largest absolute Gasteiger partial charge is 0.357 e. The quantitative estimate of drug-likeness (QED) is 0.359. The van der Waals surface area contributed by atoms with E-state index in [9.17, 15) is 0 Å². The van der Waals surface area contributed by atoms with Crippen LogP contribution in [0.4, 0.5) is 0 Å². The van der Waals surface area contributed by atoms with Gasteiger partial charge in [0.15, 0.2) is 5.96 Å². The van der Waals surface area contributed by atoms with Gasteiger partial charge in [-0.25, -0.2) is 4.99 Å². The normalized spacial score (nSPS) is 15.9. The standard InChI is InChI=1S/C22H33N5.HI/c1-4-23-21(26-17-22(2,3)27-14-8-5-9-15-27)25-16-18-12-13-24-20-11-7-6-10-19(18)20;/h6-7,10-13H,4-5,8-9,14-17H2,1-3H3,(H2,23,25,26);1H. The minimum atomic E-state index is 0. The molecule has 0 saturated carbocycles. The van der Waals surface area contributed by atoms with Crippen molar-refractivity contribution in [3.8, 4) is 0 Å². The zero-order valence-electron chi connectivity index (χ0n) is 17.4. The molecular formula is C22H34IN5. The van der Waals surface area contributed by atoms with Gasteiger partial charge in [-0.1, -0.05) is 24.6 Å². The van der Waals surface area contributed by atoms with Crippen molar-refractivity contribution < 1.29 is 0 Å². The molecule has 0 spiro atoms. The van der Waals surface area contributed by atoms with Gasteiger partial charge in [0.25, 0.3) is 0 Å². The molecule has 154 valence electrons. The van der Waals surface area contributed by atoms with E-state index < -0.39 is 0 Å². The van der Waals surface area contributed by atoms with E-state index in [1.807, 2.05) is 18.3 Å². The van der Waals surface area contributed by atoms with Crippen molar-refractivity contribution in [2.24, 2.45) is 4.99 Å². The fourth-order valence-electron chi connectivity index (χ4n) is 3.71. The number of aliphatic imine (C=N–C) groups is 1. The average Bonchev–Trinajstić information content (AvgIpc) is 2.71. The molecule has 28 heavy (non-hydrogen) atoms. The Labute approximate surface area is 186 Å². The smallest absolute Gasteiger partial charge is 0.191 e. The van der Waals surface area contributed by atoms with Crippen LogP contribution in [0.1, 0.15) is 45.6 Å². The molecule has 6 heteroatoms. The molecule has 2 aromatic rings. The molecule has 0 amide bonds. The lowest BCUT2D eigenvalue weighted by Crippen LogP contribution is -2.54. The van der Waals surface area contributed by atoms with Gasteiger partial charge in [0, 0.05) is 30.2 Å². The minimum Gasteiger partial charge on any atom is -0.357 e. The Bertz CT molecular complexity index is 763. The number of pyridine rings is 1. The van der Waals surface area contributed by atoms with Crippen molar-refractivity contribution in [1.29, 1.82) is 0 Å². The number of para-hydroxylation sites is 1. The van der Waals surface area contributed by atoms with Gasteiger partial charge in [0.2, 0.25) is 0 Å². The van der Waals surface area contributed by atoms with E-state index in [1.54, 1.807) is 0 Å². The first-order valence-corrected chi connectivity index (χ1v) is 10.2. The van der Waals surface area contributed by atoms with Crippen LogP contribution in [0.15, 0.2) is 41.5 Å². The lowest BCUT2D eigenvalue weighted by molar-refractivity contribution is 0.0982. The van der Waals surface area contributed by atoms with E-state index in [0.29, 0.717) is 6.54 Å². The summed E-state index contributed by atoms with van der Waals surface area (Å²) >= 11 is 0. The molecule has 0 atom stereocenters. The highest BCUT2D eigenvalue weighted by Gasteiger charge is 2.27. The van der Waals surface area contributed by atoms with Crippen molar-refractivity contribution in [2.75, 3.05) is 26.2 Å². The highest BCUT2D eigenvalue weighted by atomic mass is 127. The molecule has 5 nitrogen and oxygen atoms in total. The molecule has 0 bridgehead atoms. The molecule has 1 fully saturated rings. The van der Waals surface area contributed by atoms with Gasteiger partial charge in [-0.2, -0.15) is 0 Å². The van der Waals surface area contributed by atoms with Crippen LogP contribution < -0.4 is 10.6 Å². The van der Waals surface area contributed by atoms with E-state index in [1.165, 1.54) is 43.3 Å². The number of hydrogen-bond donors (Lipinski definition) is 2. The molecule has 1 aromatic heterocycles. The van der Waals surface area contributed by atoms with Gasteiger partial charge in [-0.05, 0) is 64.4 Å². The number of piperidine rings is 1. The van der Waals surface area contributed by atoms with E-state index >= 15 is 0 Å². The molecular weight excluding hydrogens is 461 g/mol. The van der Waals surface area contributed by atoms with E-state index in [0.717, 1.165) is 24.6 Å². The summed E-state index contributed by atoms with van der Waals surface area (Å²) in [4.78, 5) is 11.9. The first-order valence-electron chi connectivity index (χ1n) is 10.2. The Kier molecular flexibility index (Phi) is 8.95. The summed E-state index contributed by atoms with van der Waals surface area (Å²) in [6.45, 7) is 11.5. The predicted molar refractivity (Wildman–Crippen MR) is 129 cm³/mol. The molecule has 3 rings (SSSR count). The van der Waals surface area contributed by atoms with Crippen molar-refractivity contribution in [3.05, 3.63) is 42.1 Å². The lowest BCUT2D eigenvalue weighted by Gasteiger charge is -2.41. The van der Waals surface area contributed by atoms with Crippen LogP contribution in [0.2, 0.25) is 0 Å². The van der Waals surface area contributed by atoms with Crippen LogP contribution in [0.25, 0.3) is 10.9 Å². The number of rotatable bonds is 6. The van der Waals surface area contributed by atoms with Crippen molar-refractivity contribution in [2.45, 2.75) is 52.1 Å². The molecule has 1 aromatic carbocycles. The monoisotopic (exact) mass is 495 g/mol. The zero-order chi connectivity index (χ0) is 19.1.